The minimum absolute atomic E-state index is 0.209. The number of benzene rings is 1. The summed E-state index contributed by atoms with van der Waals surface area (Å²) >= 11 is 5.76. The van der Waals surface area contributed by atoms with Crippen LogP contribution in [0.4, 0.5) is 4.39 Å². The molecule has 1 saturated carbocycles. The summed E-state index contributed by atoms with van der Waals surface area (Å²) in [5.74, 6) is 1.47. The Balaban J connectivity index is 1.65. The summed E-state index contributed by atoms with van der Waals surface area (Å²) in [5, 5.41) is 3.63. The lowest BCUT2D eigenvalue weighted by Crippen LogP contribution is -2.20. The number of rotatable bonds is 5. The molecule has 0 aliphatic heterocycles. The van der Waals surface area contributed by atoms with Gasteiger partial charge in [0.2, 0.25) is 0 Å². The molecule has 1 N–H and O–H groups in total. The fourth-order valence-electron chi connectivity index (χ4n) is 2.81. The minimum Gasteiger partial charge on any atom is -0.313 e. The van der Waals surface area contributed by atoms with Crippen molar-refractivity contribution in [3.8, 4) is 0 Å². The van der Waals surface area contributed by atoms with Gasteiger partial charge in [-0.25, -0.2) is 4.39 Å². The van der Waals surface area contributed by atoms with E-state index in [4.69, 9.17) is 11.6 Å². The average Bonchev–Trinajstić information content (AvgIpc) is 2.41. The molecule has 1 aliphatic carbocycles. The Kier molecular flexibility index (Phi) is 5.65. The summed E-state index contributed by atoms with van der Waals surface area (Å²) in [5.41, 5.74) is 1.05. The van der Waals surface area contributed by atoms with Crippen molar-refractivity contribution in [3.05, 3.63) is 34.6 Å². The highest BCUT2D eigenvalue weighted by Gasteiger charge is 2.17. The molecule has 1 nitrogen and oxygen atoms in total. The average molecular weight is 284 g/mol. The summed E-state index contributed by atoms with van der Waals surface area (Å²) in [6, 6.07) is 4.92. The monoisotopic (exact) mass is 283 g/mol. The van der Waals surface area contributed by atoms with Crippen LogP contribution in [0.1, 0.15) is 44.6 Å². The fourth-order valence-corrected chi connectivity index (χ4v) is 3.01. The molecule has 0 bridgehead atoms. The normalized spacial score (nSPS) is 23.5. The van der Waals surface area contributed by atoms with E-state index in [0.717, 1.165) is 30.5 Å². The first-order valence-electron chi connectivity index (χ1n) is 7.30. The molecule has 1 aromatic rings. The third kappa shape index (κ3) is 4.77. The second-order valence-electron chi connectivity index (χ2n) is 5.84. The predicted octanol–water partition coefficient (Wildman–Crippen LogP) is 4.79. The van der Waals surface area contributed by atoms with E-state index >= 15 is 0 Å². The first-order chi connectivity index (χ1) is 9.15. The molecule has 106 valence electrons. The molecule has 0 radical (unpaired) electrons. The quantitative estimate of drug-likeness (QED) is 0.767. The van der Waals surface area contributed by atoms with Gasteiger partial charge in [-0.2, -0.15) is 0 Å². The van der Waals surface area contributed by atoms with Crippen LogP contribution in [0.5, 0.6) is 0 Å². The van der Waals surface area contributed by atoms with Crippen molar-refractivity contribution >= 4 is 11.6 Å². The lowest BCUT2D eigenvalue weighted by molar-refractivity contribution is 0.275. The third-order valence-corrected chi connectivity index (χ3v) is 4.47. The zero-order valence-corrected chi connectivity index (χ0v) is 12.3. The number of hydrogen-bond donors (Lipinski definition) is 1. The van der Waals surface area contributed by atoms with E-state index in [1.165, 1.54) is 38.2 Å². The van der Waals surface area contributed by atoms with E-state index in [1.54, 1.807) is 12.1 Å². The molecule has 0 saturated heterocycles. The zero-order valence-electron chi connectivity index (χ0n) is 11.6. The Labute approximate surface area is 120 Å². The molecule has 19 heavy (non-hydrogen) atoms. The first-order valence-corrected chi connectivity index (χ1v) is 7.67. The summed E-state index contributed by atoms with van der Waals surface area (Å²) in [4.78, 5) is 0. The lowest BCUT2D eigenvalue weighted by Gasteiger charge is -2.26. The molecule has 0 aromatic heterocycles. The zero-order chi connectivity index (χ0) is 13.7. The maximum absolute atomic E-state index is 13.0. The summed E-state index contributed by atoms with van der Waals surface area (Å²) in [6.45, 7) is 4.16. The highest BCUT2D eigenvalue weighted by atomic mass is 35.5. The van der Waals surface area contributed by atoms with Crippen LogP contribution in [-0.4, -0.2) is 6.54 Å². The van der Waals surface area contributed by atoms with Gasteiger partial charge in [0.25, 0.3) is 0 Å². The van der Waals surface area contributed by atoms with Gasteiger partial charge >= 0.3 is 0 Å². The maximum Gasteiger partial charge on any atom is 0.141 e. The molecule has 0 amide bonds. The van der Waals surface area contributed by atoms with Crippen LogP contribution in [0.2, 0.25) is 5.02 Å². The van der Waals surface area contributed by atoms with Crippen molar-refractivity contribution in [1.29, 1.82) is 0 Å². The minimum atomic E-state index is -0.346. The molecule has 1 fully saturated rings. The van der Waals surface area contributed by atoms with Gasteiger partial charge in [-0.1, -0.05) is 50.3 Å². The van der Waals surface area contributed by atoms with Crippen molar-refractivity contribution in [2.24, 2.45) is 11.8 Å². The van der Waals surface area contributed by atoms with Crippen molar-refractivity contribution in [2.45, 2.75) is 45.6 Å². The number of nitrogens with one attached hydrogen (secondary N) is 1. The summed E-state index contributed by atoms with van der Waals surface area (Å²) in [6.07, 6.45) is 6.79. The standard InChI is InChI=1S/C16H23ClFN/c1-12-2-4-13(5-3-12)8-9-19-11-14-6-7-16(18)15(17)10-14/h6-7,10,12-13,19H,2-5,8-9,11H2,1H3. The molecule has 0 unspecified atom stereocenters. The number of halogens is 2. The number of hydrogen-bond acceptors (Lipinski definition) is 1. The molecule has 0 atom stereocenters. The molecule has 1 aliphatic rings. The SMILES string of the molecule is CC1CCC(CCNCc2ccc(F)c(Cl)c2)CC1. The Bertz CT molecular complexity index is 400. The van der Waals surface area contributed by atoms with E-state index in [1.807, 2.05) is 0 Å². The van der Waals surface area contributed by atoms with Gasteiger partial charge < -0.3 is 5.32 Å². The van der Waals surface area contributed by atoms with Gasteiger partial charge in [0, 0.05) is 6.54 Å². The second-order valence-corrected chi connectivity index (χ2v) is 6.25. The topological polar surface area (TPSA) is 12.0 Å². The van der Waals surface area contributed by atoms with Crippen molar-refractivity contribution in [2.75, 3.05) is 6.54 Å². The van der Waals surface area contributed by atoms with Crippen LogP contribution in [-0.2, 0) is 6.54 Å². The smallest absolute Gasteiger partial charge is 0.141 e. The summed E-state index contributed by atoms with van der Waals surface area (Å²) in [7, 11) is 0. The van der Waals surface area contributed by atoms with Gasteiger partial charge in [0.15, 0.2) is 0 Å². The van der Waals surface area contributed by atoms with Crippen molar-refractivity contribution < 1.29 is 4.39 Å². The maximum atomic E-state index is 13.0. The van der Waals surface area contributed by atoms with Gasteiger partial charge in [0.05, 0.1) is 5.02 Å². The third-order valence-electron chi connectivity index (χ3n) is 4.18. The van der Waals surface area contributed by atoms with E-state index in [9.17, 15) is 4.39 Å². The predicted molar refractivity (Wildman–Crippen MR) is 78.9 cm³/mol. The largest absolute Gasteiger partial charge is 0.313 e. The Hall–Kier alpha value is -0.600. The van der Waals surface area contributed by atoms with Crippen LogP contribution >= 0.6 is 11.6 Å². The van der Waals surface area contributed by atoms with Gasteiger partial charge in [-0.3, -0.25) is 0 Å². The van der Waals surface area contributed by atoms with Gasteiger partial charge in [-0.05, 0) is 42.5 Å². The van der Waals surface area contributed by atoms with Crippen molar-refractivity contribution in [3.63, 3.8) is 0 Å². The van der Waals surface area contributed by atoms with Crippen LogP contribution in [0, 0.1) is 17.7 Å². The van der Waals surface area contributed by atoms with E-state index in [0.29, 0.717) is 0 Å². The molecular weight excluding hydrogens is 261 g/mol. The second kappa shape index (κ2) is 7.25. The van der Waals surface area contributed by atoms with Gasteiger partial charge in [0.1, 0.15) is 5.82 Å². The molecule has 0 spiro atoms. The molecule has 0 heterocycles. The van der Waals surface area contributed by atoms with Crippen LogP contribution < -0.4 is 5.32 Å². The van der Waals surface area contributed by atoms with Crippen molar-refractivity contribution in [1.82, 2.24) is 5.32 Å². The lowest BCUT2D eigenvalue weighted by atomic mass is 9.81. The Morgan fingerprint density at radius 3 is 2.68 bits per heavy atom. The van der Waals surface area contributed by atoms with Crippen LogP contribution in [0.3, 0.4) is 0 Å². The highest BCUT2D eigenvalue weighted by Crippen LogP contribution is 2.29. The van der Waals surface area contributed by atoms with E-state index in [2.05, 4.69) is 12.2 Å². The Morgan fingerprint density at radius 2 is 2.00 bits per heavy atom. The first kappa shape index (κ1) is 14.8. The van der Waals surface area contributed by atoms with Gasteiger partial charge in [-0.15, -0.1) is 0 Å². The fraction of sp³-hybridized carbons (Fsp3) is 0.625. The summed E-state index contributed by atoms with van der Waals surface area (Å²) < 4.78 is 13.0. The van der Waals surface area contributed by atoms with E-state index < -0.39 is 0 Å². The van der Waals surface area contributed by atoms with Crippen LogP contribution in [0.15, 0.2) is 18.2 Å². The molecule has 2 rings (SSSR count). The highest BCUT2D eigenvalue weighted by molar-refractivity contribution is 6.30. The molecule has 1 aromatic carbocycles. The van der Waals surface area contributed by atoms with E-state index in [-0.39, 0.29) is 10.8 Å². The molecular formula is C16H23ClFN. The molecule has 3 heteroatoms. The van der Waals surface area contributed by atoms with Crippen LogP contribution in [0.25, 0.3) is 0 Å². The Morgan fingerprint density at radius 1 is 1.26 bits per heavy atom.